The Morgan fingerprint density at radius 3 is 2.81 bits per heavy atom. The highest BCUT2D eigenvalue weighted by molar-refractivity contribution is 7.16. The average Bonchev–Trinajstić information content (AvgIpc) is 3.86. The van der Waals surface area contributed by atoms with Crippen LogP contribution in [0.1, 0.15) is 106 Å². The van der Waals surface area contributed by atoms with E-state index in [-0.39, 0.29) is 12.1 Å². The summed E-state index contributed by atoms with van der Waals surface area (Å²) < 4.78 is 14.9. The molecule has 5 atom stereocenters. The van der Waals surface area contributed by atoms with Gasteiger partial charge in [0.25, 0.3) is 0 Å². The van der Waals surface area contributed by atoms with Gasteiger partial charge >= 0.3 is 0 Å². The molecule has 0 amide bonds. The first-order chi connectivity index (χ1) is 23.2. The SMILES string of the molecule is CCN1CCC[C@H]1[C@H](C)n1nc2c3c(nc(-c4noc5c4CCC[C@@]54CCCc5sc(N)c(C#N)c54)nc31)N1C[C@@](C)(O)CC[C@@H]1CO2. The lowest BCUT2D eigenvalue weighted by atomic mass is 9.63. The third-order valence-corrected chi connectivity index (χ3v) is 13.1. The summed E-state index contributed by atoms with van der Waals surface area (Å²) in [7, 11) is 0. The highest BCUT2D eigenvalue weighted by Crippen LogP contribution is 2.55. The van der Waals surface area contributed by atoms with Crippen LogP contribution in [0.25, 0.3) is 22.6 Å². The molecular weight excluding hydrogens is 627 g/mol. The number of aryl methyl sites for hydroxylation is 1. The third-order valence-electron chi connectivity index (χ3n) is 12.0. The second kappa shape index (κ2) is 10.9. The van der Waals surface area contributed by atoms with Crippen molar-refractivity contribution in [3.05, 3.63) is 27.3 Å². The Balaban J connectivity index is 1.24. The predicted octanol–water partition coefficient (Wildman–Crippen LogP) is 5.11. The molecular formula is C35H43N9O3S. The van der Waals surface area contributed by atoms with Crippen molar-refractivity contribution >= 4 is 33.2 Å². The highest BCUT2D eigenvalue weighted by atomic mass is 32.1. The number of rotatable bonds is 4. The first-order valence-corrected chi connectivity index (χ1v) is 18.5. The van der Waals surface area contributed by atoms with Crippen molar-refractivity contribution in [1.82, 2.24) is 29.8 Å². The molecule has 0 unspecified atom stereocenters. The van der Waals surface area contributed by atoms with Gasteiger partial charge < -0.3 is 25.0 Å². The molecule has 2 saturated heterocycles. The Kier molecular flexibility index (Phi) is 6.88. The molecule has 2 aliphatic carbocycles. The van der Waals surface area contributed by atoms with Crippen molar-refractivity contribution in [2.75, 3.05) is 36.9 Å². The van der Waals surface area contributed by atoms with Gasteiger partial charge in [0.05, 0.1) is 28.7 Å². The number of hydrogen-bond acceptors (Lipinski definition) is 12. The average molecular weight is 670 g/mol. The van der Waals surface area contributed by atoms with Crippen molar-refractivity contribution in [3.63, 3.8) is 0 Å². The first-order valence-electron chi connectivity index (χ1n) is 17.7. The van der Waals surface area contributed by atoms with Crippen LogP contribution in [0.5, 0.6) is 5.88 Å². The van der Waals surface area contributed by atoms with Gasteiger partial charge in [-0.1, -0.05) is 12.1 Å². The number of nitrogens with zero attached hydrogens (tertiary/aromatic N) is 8. The van der Waals surface area contributed by atoms with Crippen molar-refractivity contribution in [1.29, 1.82) is 5.26 Å². The number of nitrogen functional groups attached to an aromatic ring is 1. The van der Waals surface area contributed by atoms with Gasteiger partial charge in [-0.3, -0.25) is 4.90 Å². The van der Waals surface area contributed by atoms with Crippen LogP contribution < -0.4 is 15.4 Å². The Morgan fingerprint density at radius 1 is 1.17 bits per heavy atom. The van der Waals surface area contributed by atoms with Crippen LogP contribution >= 0.6 is 11.3 Å². The van der Waals surface area contributed by atoms with E-state index < -0.39 is 11.0 Å². The minimum atomic E-state index is -0.855. The number of thiophene rings is 1. The molecule has 3 N–H and O–H groups in total. The highest BCUT2D eigenvalue weighted by Gasteiger charge is 2.49. The lowest BCUT2D eigenvalue weighted by molar-refractivity contribution is 0.0321. The summed E-state index contributed by atoms with van der Waals surface area (Å²) in [4.78, 5) is 16.5. The van der Waals surface area contributed by atoms with Crippen LogP contribution in [0.2, 0.25) is 0 Å². The molecule has 1 spiro atoms. The molecule has 5 aliphatic rings. The molecule has 4 aromatic heterocycles. The molecule has 3 aliphatic heterocycles. The second-order valence-corrected chi connectivity index (χ2v) is 16.0. The largest absolute Gasteiger partial charge is 0.474 e. The summed E-state index contributed by atoms with van der Waals surface area (Å²) in [6.07, 6.45) is 9.20. The van der Waals surface area contributed by atoms with Crippen LogP contribution in [0.4, 0.5) is 10.8 Å². The number of fused-ring (bicyclic) bond motifs is 6. The number of piperidine rings is 1. The molecule has 13 heteroatoms. The number of aliphatic hydroxyl groups is 1. The van der Waals surface area contributed by atoms with Crippen molar-refractivity contribution in [2.24, 2.45) is 0 Å². The van der Waals surface area contributed by atoms with Crippen molar-refractivity contribution in [2.45, 2.75) is 114 Å². The lowest BCUT2D eigenvalue weighted by Gasteiger charge is -2.42. The first kappa shape index (κ1) is 30.3. The van der Waals surface area contributed by atoms with E-state index in [1.807, 2.05) is 6.92 Å². The van der Waals surface area contributed by atoms with Crippen LogP contribution in [-0.4, -0.2) is 78.8 Å². The number of nitriles is 1. The number of ether oxygens (including phenoxy) is 1. The van der Waals surface area contributed by atoms with Gasteiger partial charge in [-0.2, -0.15) is 5.26 Å². The van der Waals surface area contributed by atoms with E-state index in [1.54, 1.807) is 11.3 Å². The maximum Gasteiger partial charge on any atom is 0.246 e. The zero-order valence-electron chi connectivity index (χ0n) is 28.0. The van der Waals surface area contributed by atoms with Gasteiger partial charge in [-0.05, 0) is 96.7 Å². The molecule has 12 nitrogen and oxygen atoms in total. The van der Waals surface area contributed by atoms with Gasteiger partial charge in [0, 0.05) is 23.0 Å². The summed E-state index contributed by atoms with van der Waals surface area (Å²) in [6.45, 7) is 9.35. The Morgan fingerprint density at radius 2 is 2.00 bits per heavy atom. The molecule has 48 heavy (non-hydrogen) atoms. The smallest absolute Gasteiger partial charge is 0.246 e. The van der Waals surface area contributed by atoms with E-state index in [1.165, 1.54) is 11.3 Å². The van der Waals surface area contributed by atoms with Crippen molar-refractivity contribution < 1.29 is 14.4 Å². The topological polar surface area (TPSA) is 155 Å². The van der Waals surface area contributed by atoms with Gasteiger partial charge in [0.15, 0.2) is 22.9 Å². The van der Waals surface area contributed by atoms with E-state index in [4.69, 9.17) is 35.2 Å². The minimum absolute atomic E-state index is 0.0604. The van der Waals surface area contributed by atoms with Crippen molar-refractivity contribution in [3.8, 4) is 23.5 Å². The summed E-state index contributed by atoms with van der Waals surface area (Å²) in [5.41, 5.74) is 9.17. The fraction of sp³-hybridized carbons (Fsp3) is 0.629. The van der Waals surface area contributed by atoms with Crippen LogP contribution in [0, 0.1) is 11.3 Å². The number of anilines is 2. The predicted molar refractivity (Wildman–Crippen MR) is 182 cm³/mol. The van der Waals surface area contributed by atoms with E-state index in [0.29, 0.717) is 53.6 Å². The molecule has 252 valence electrons. The fourth-order valence-electron chi connectivity index (χ4n) is 9.66. The monoisotopic (exact) mass is 669 g/mol. The second-order valence-electron chi connectivity index (χ2n) is 14.9. The molecule has 0 bridgehead atoms. The van der Waals surface area contributed by atoms with E-state index >= 15 is 0 Å². The lowest BCUT2D eigenvalue weighted by Crippen LogP contribution is -2.53. The zero-order chi connectivity index (χ0) is 32.9. The van der Waals surface area contributed by atoms with E-state index in [2.05, 4.69) is 34.4 Å². The molecule has 9 rings (SSSR count). The molecule has 4 aromatic rings. The van der Waals surface area contributed by atoms with Gasteiger partial charge in [-0.25, -0.2) is 14.6 Å². The molecule has 0 aromatic carbocycles. The maximum atomic E-state index is 11.3. The van der Waals surface area contributed by atoms with E-state index in [0.717, 1.165) is 98.2 Å². The molecule has 2 fully saturated rings. The summed E-state index contributed by atoms with van der Waals surface area (Å²) in [5, 5.41) is 32.7. The summed E-state index contributed by atoms with van der Waals surface area (Å²) in [5.74, 6) is 2.64. The van der Waals surface area contributed by atoms with Gasteiger partial charge in [0.2, 0.25) is 5.88 Å². The summed E-state index contributed by atoms with van der Waals surface area (Å²) in [6, 6.07) is 2.88. The fourth-order valence-corrected chi connectivity index (χ4v) is 10.8. The molecule has 7 heterocycles. The van der Waals surface area contributed by atoms with E-state index in [9.17, 15) is 10.4 Å². The summed E-state index contributed by atoms with van der Waals surface area (Å²) >= 11 is 1.55. The number of nitrogens with two attached hydrogens (primary N) is 1. The maximum absolute atomic E-state index is 11.3. The standard InChI is InChI=1S/C35H43N9O3S/c1-4-42-15-7-9-23(42)19(2)44-32-25-31(43-18-34(3,45)14-11-20(43)17-46-33(25)40-44)38-30(39-32)27-21-8-5-12-35(28(21)47-41-27)13-6-10-24-26(35)22(16-36)29(37)48-24/h19-20,23,45H,4-15,17-18,37H2,1-3H3/t19-,20+,23-,34-,35-/m0/s1. The minimum Gasteiger partial charge on any atom is -0.474 e. The molecule has 0 saturated carbocycles. The normalized spacial score (nSPS) is 28.9. The Labute approximate surface area is 283 Å². The number of hydrogen-bond donors (Lipinski definition) is 2. The van der Waals surface area contributed by atoms with Crippen LogP contribution in [0.3, 0.4) is 0 Å². The van der Waals surface area contributed by atoms with Gasteiger partial charge in [-0.15, -0.1) is 16.4 Å². The Bertz CT molecular complexity index is 1970. The molecule has 0 radical (unpaired) electrons. The van der Waals surface area contributed by atoms with Crippen LogP contribution in [0.15, 0.2) is 4.52 Å². The van der Waals surface area contributed by atoms with Crippen LogP contribution in [-0.2, 0) is 18.3 Å². The third kappa shape index (κ3) is 4.31. The number of aromatic nitrogens is 5. The number of likely N-dealkylation sites (tertiary alicyclic amines) is 1. The van der Waals surface area contributed by atoms with Gasteiger partial charge in [0.1, 0.15) is 28.9 Å². The zero-order valence-corrected chi connectivity index (χ0v) is 28.8. The number of likely N-dealkylation sites (N-methyl/N-ethyl adjacent to an activating group) is 1. The quantitative estimate of drug-likeness (QED) is 0.298. The Hall–Kier alpha value is -3.73.